The molecule has 6 nitrogen and oxygen atoms in total. The van der Waals surface area contributed by atoms with Crippen molar-refractivity contribution in [2.45, 2.75) is 6.54 Å². The average molecular weight is 435 g/mol. The summed E-state index contributed by atoms with van der Waals surface area (Å²) in [6.45, 7) is 0.449. The molecule has 0 saturated heterocycles. The Hall–Kier alpha value is -4.52. The number of aromatic amines is 1. The lowest BCUT2D eigenvalue weighted by molar-refractivity contribution is 0.629. The van der Waals surface area contributed by atoms with Crippen LogP contribution in [-0.4, -0.2) is 24.5 Å². The van der Waals surface area contributed by atoms with E-state index >= 15 is 4.39 Å². The summed E-state index contributed by atoms with van der Waals surface area (Å²) in [5, 5.41) is 11.9. The molecule has 6 rings (SSSR count). The van der Waals surface area contributed by atoms with E-state index in [1.165, 1.54) is 6.07 Å². The van der Waals surface area contributed by atoms with Crippen molar-refractivity contribution in [3.8, 4) is 28.2 Å². The largest absolute Gasteiger partial charge is 0.335 e. The van der Waals surface area contributed by atoms with Gasteiger partial charge in [-0.2, -0.15) is 10.2 Å². The van der Waals surface area contributed by atoms with Gasteiger partial charge in [0.05, 0.1) is 22.5 Å². The number of pyridine rings is 1. The number of para-hydroxylation sites is 1. The van der Waals surface area contributed by atoms with Crippen LogP contribution in [0.15, 0.2) is 96.1 Å². The van der Waals surface area contributed by atoms with Gasteiger partial charge in [-0.05, 0) is 42.0 Å². The highest BCUT2D eigenvalue weighted by Crippen LogP contribution is 2.38. The molecule has 0 aliphatic carbocycles. The second kappa shape index (κ2) is 7.56. The van der Waals surface area contributed by atoms with Gasteiger partial charge in [-0.1, -0.05) is 42.5 Å². The second-order valence-electron chi connectivity index (χ2n) is 7.83. The van der Waals surface area contributed by atoms with Crippen molar-refractivity contribution < 1.29 is 4.39 Å². The van der Waals surface area contributed by atoms with Crippen molar-refractivity contribution in [1.82, 2.24) is 24.5 Å². The molecule has 0 spiro atoms. The van der Waals surface area contributed by atoms with E-state index in [4.69, 9.17) is 0 Å². The fourth-order valence-electron chi connectivity index (χ4n) is 4.36. The number of aromatic nitrogens is 5. The molecule has 0 fully saturated rings. The molecule has 1 N–H and O–H groups in total. The van der Waals surface area contributed by atoms with Crippen molar-refractivity contribution in [2.24, 2.45) is 0 Å². The van der Waals surface area contributed by atoms with Crippen molar-refractivity contribution in [1.29, 1.82) is 0 Å². The van der Waals surface area contributed by atoms with Gasteiger partial charge in [0.1, 0.15) is 11.5 Å². The van der Waals surface area contributed by atoms with Gasteiger partial charge in [0.15, 0.2) is 0 Å². The fraction of sp³-hybridized carbons (Fsp3) is 0.0385. The van der Waals surface area contributed by atoms with E-state index in [-0.39, 0.29) is 5.56 Å². The fourth-order valence-corrected chi connectivity index (χ4v) is 4.36. The number of rotatable bonds is 4. The highest BCUT2D eigenvalue weighted by atomic mass is 19.1. The van der Waals surface area contributed by atoms with Gasteiger partial charge in [-0.15, -0.1) is 0 Å². The molecule has 0 atom stereocenters. The number of hydrogen-bond donors (Lipinski definition) is 1. The molecule has 0 unspecified atom stereocenters. The first-order chi connectivity index (χ1) is 16.2. The van der Waals surface area contributed by atoms with Gasteiger partial charge >= 0.3 is 0 Å². The molecular formula is C26H18FN5O. The molecule has 2 aliphatic rings. The van der Waals surface area contributed by atoms with E-state index in [1.807, 2.05) is 65.4 Å². The Morgan fingerprint density at radius 3 is 2.48 bits per heavy atom. The van der Waals surface area contributed by atoms with Crippen molar-refractivity contribution in [3.63, 3.8) is 0 Å². The van der Waals surface area contributed by atoms with Crippen LogP contribution in [-0.2, 0) is 6.54 Å². The van der Waals surface area contributed by atoms with E-state index < -0.39 is 5.82 Å². The van der Waals surface area contributed by atoms with Gasteiger partial charge in [-0.25, -0.2) is 14.2 Å². The maximum absolute atomic E-state index is 15.0. The number of halogens is 1. The summed E-state index contributed by atoms with van der Waals surface area (Å²) in [6, 6.07) is 24.1. The summed E-state index contributed by atoms with van der Waals surface area (Å²) in [4.78, 5) is 12.8. The summed E-state index contributed by atoms with van der Waals surface area (Å²) in [6.07, 6.45) is 3.62. The maximum atomic E-state index is 15.0. The predicted molar refractivity (Wildman–Crippen MR) is 125 cm³/mol. The molecular weight excluding hydrogens is 417 g/mol. The molecule has 7 heteroatoms. The summed E-state index contributed by atoms with van der Waals surface area (Å²) < 4.78 is 18.8. The van der Waals surface area contributed by atoms with Crippen LogP contribution in [0.4, 0.5) is 4.39 Å². The van der Waals surface area contributed by atoms with Crippen LogP contribution >= 0.6 is 0 Å². The molecule has 3 aromatic carbocycles. The highest BCUT2D eigenvalue weighted by molar-refractivity contribution is 5.99. The summed E-state index contributed by atoms with van der Waals surface area (Å²) in [5.74, 6) is -0.391. The number of nitrogens with zero attached hydrogens (tertiary/aromatic N) is 4. The average Bonchev–Trinajstić information content (AvgIpc) is 3.51. The van der Waals surface area contributed by atoms with E-state index in [9.17, 15) is 4.79 Å². The van der Waals surface area contributed by atoms with E-state index in [0.29, 0.717) is 29.1 Å². The van der Waals surface area contributed by atoms with Crippen LogP contribution in [0.3, 0.4) is 0 Å². The normalized spacial score (nSPS) is 11.4. The zero-order valence-corrected chi connectivity index (χ0v) is 17.4. The molecule has 4 aromatic rings. The minimum Gasteiger partial charge on any atom is -0.335 e. The molecule has 0 amide bonds. The van der Waals surface area contributed by atoms with Crippen LogP contribution in [0.2, 0.25) is 0 Å². The molecule has 0 bridgehead atoms. The number of nitrogens with one attached hydrogen (secondary N) is 1. The van der Waals surface area contributed by atoms with Gasteiger partial charge in [-0.3, -0.25) is 4.79 Å². The molecule has 1 aromatic heterocycles. The predicted octanol–water partition coefficient (Wildman–Crippen LogP) is 4.87. The summed E-state index contributed by atoms with van der Waals surface area (Å²) in [7, 11) is 0. The third-order valence-corrected chi connectivity index (χ3v) is 5.86. The topological polar surface area (TPSA) is 68.5 Å². The van der Waals surface area contributed by atoms with Crippen LogP contribution in [0.25, 0.3) is 39.1 Å². The minimum atomic E-state index is -0.391. The zero-order chi connectivity index (χ0) is 22.4. The van der Waals surface area contributed by atoms with E-state index in [2.05, 4.69) is 15.3 Å². The van der Waals surface area contributed by atoms with Gasteiger partial charge in [0, 0.05) is 29.9 Å². The molecule has 3 heterocycles. The Morgan fingerprint density at radius 2 is 1.70 bits per heavy atom. The Balaban J connectivity index is 1.61. The zero-order valence-electron chi connectivity index (χ0n) is 17.4. The monoisotopic (exact) mass is 435 g/mol. The lowest BCUT2D eigenvalue weighted by Crippen LogP contribution is -2.13. The number of H-pyrrole nitrogens is 1. The Kier molecular flexibility index (Phi) is 4.40. The van der Waals surface area contributed by atoms with E-state index in [0.717, 1.165) is 22.2 Å². The number of hydrogen-bond acceptors (Lipinski definition) is 3. The maximum Gasteiger partial charge on any atom is 0.275 e. The molecule has 0 radical (unpaired) electrons. The smallest absolute Gasteiger partial charge is 0.275 e. The first-order valence-corrected chi connectivity index (χ1v) is 10.5. The Morgan fingerprint density at radius 1 is 0.909 bits per heavy atom. The van der Waals surface area contributed by atoms with Crippen LogP contribution in [0.1, 0.15) is 5.56 Å². The quantitative estimate of drug-likeness (QED) is 0.430. The first-order valence-electron chi connectivity index (χ1n) is 10.5. The van der Waals surface area contributed by atoms with Crippen molar-refractivity contribution >= 4 is 10.9 Å². The molecule has 160 valence electrons. The van der Waals surface area contributed by atoms with Gasteiger partial charge < -0.3 is 4.57 Å². The van der Waals surface area contributed by atoms with Crippen LogP contribution < -0.4 is 5.56 Å². The van der Waals surface area contributed by atoms with Gasteiger partial charge in [0.2, 0.25) is 0 Å². The van der Waals surface area contributed by atoms with E-state index in [1.54, 1.807) is 29.1 Å². The second-order valence-corrected chi connectivity index (χ2v) is 7.83. The molecule has 2 aliphatic heterocycles. The number of benzene rings is 3. The lowest BCUT2D eigenvalue weighted by Gasteiger charge is -2.21. The molecule has 0 saturated carbocycles. The highest BCUT2D eigenvalue weighted by Gasteiger charge is 2.25. The van der Waals surface area contributed by atoms with Crippen LogP contribution in [0.5, 0.6) is 0 Å². The first kappa shape index (κ1) is 19.2. The summed E-state index contributed by atoms with van der Waals surface area (Å²) in [5.41, 5.74) is 4.28. The van der Waals surface area contributed by atoms with Crippen molar-refractivity contribution in [3.05, 3.63) is 113 Å². The van der Waals surface area contributed by atoms with Gasteiger partial charge in [0.25, 0.3) is 5.56 Å². The third-order valence-electron chi connectivity index (χ3n) is 5.86. The number of fused-ring (bicyclic) bond motifs is 3. The Bertz CT molecular complexity index is 1610. The molecule has 33 heavy (non-hydrogen) atoms. The SMILES string of the molecule is O=c1[nH]nc2c3ccccc3n(Cc3ccc(-n4cccn4)cc3)c(-c3ccccc3F)c1-2. The standard InChI is InChI=1S/C26H18FN5O/c27-21-8-3-1-6-19(21)25-23-24(29-30-26(23)33)20-7-2-4-9-22(20)31(25)16-17-10-12-18(13-11-17)32-15-5-14-28-32/h1-15H,16H2,(H,30,33). The van der Waals surface area contributed by atoms with Crippen molar-refractivity contribution in [2.75, 3.05) is 0 Å². The summed E-state index contributed by atoms with van der Waals surface area (Å²) >= 11 is 0. The van der Waals surface area contributed by atoms with Crippen LogP contribution in [0, 0.1) is 5.82 Å². The minimum absolute atomic E-state index is 0.336. The Labute approximate surface area is 187 Å². The third kappa shape index (κ3) is 3.13. The lowest BCUT2D eigenvalue weighted by atomic mass is 9.98.